The van der Waals surface area contributed by atoms with E-state index in [1.165, 1.54) is 83.5 Å². The molecule has 0 saturated heterocycles. The van der Waals surface area contributed by atoms with E-state index >= 15 is 0 Å². The SMILES string of the molecule is CC(C)C(=O)CCCCCCCCCCCCCCCCCO. The predicted octanol–water partition coefficient (Wildman–Crippen LogP) is 6.45. The summed E-state index contributed by atoms with van der Waals surface area (Å²) in [5.41, 5.74) is 0. The van der Waals surface area contributed by atoms with Gasteiger partial charge in [0.2, 0.25) is 0 Å². The van der Waals surface area contributed by atoms with Crippen LogP contribution in [0.4, 0.5) is 0 Å². The highest BCUT2D eigenvalue weighted by molar-refractivity contribution is 5.80. The molecule has 23 heavy (non-hydrogen) atoms. The zero-order valence-corrected chi connectivity index (χ0v) is 16.0. The normalized spacial score (nSPS) is 11.3. The Labute approximate surface area is 145 Å². The van der Waals surface area contributed by atoms with E-state index in [1.54, 1.807) is 0 Å². The molecule has 2 heteroatoms. The number of rotatable bonds is 18. The number of carbonyl (C=O) groups excluding carboxylic acids is 1. The fourth-order valence-electron chi connectivity index (χ4n) is 3.00. The highest BCUT2D eigenvalue weighted by Crippen LogP contribution is 2.14. The van der Waals surface area contributed by atoms with Crippen LogP contribution in [0.1, 0.15) is 117 Å². The Morgan fingerprint density at radius 2 is 0.913 bits per heavy atom. The summed E-state index contributed by atoms with van der Waals surface area (Å²) >= 11 is 0. The van der Waals surface area contributed by atoms with Gasteiger partial charge in [-0.15, -0.1) is 0 Å². The minimum Gasteiger partial charge on any atom is -0.396 e. The van der Waals surface area contributed by atoms with Crippen LogP contribution in [0.15, 0.2) is 0 Å². The van der Waals surface area contributed by atoms with Crippen molar-refractivity contribution in [3.05, 3.63) is 0 Å². The molecule has 0 aromatic heterocycles. The van der Waals surface area contributed by atoms with Gasteiger partial charge in [-0.25, -0.2) is 0 Å². The van der Waals surface area contributed by atoms with Gasteiger partial charge in [-0.3, -0.25) is 4.79 Å². The topological polar surface area (TPSA) is 37.3 Å². The molecule has 0 radical (unpaired) electrons. The maximum atomic E-state index is 11.5. The van der Waals surface area contributed by atoms with Crippen LogP contribution in [-0.4, -0.2) is 17.5 Å². The molecule has 0 amide bonds. The molecule has 2 nitrogen and oxygen atoms in total. The number of aliphatic hydroxyl groups excluding tert-OH is 1. The molecule has 0 bridgehead atoms. The average molecular weight is 327 g/mol. The van der Waals surface area contributed by atoms with Gasteiger partial charge < -0.3 is 5.11 Å². The minimum absolute atomic E-state index is 0.218. The summed E-state index contributed by atoms with van der Waals surface area (Å²) < 4.78 is 0. The third kappa shape index (κ3) is 17.8. The Balaban J connectivity index is 3.04. The molecular weight excluding hydrogens is 284 g/mol. The smallest absolute Gasteiger partial charge is 0.135 e. The van der Waals surface area contributed by atoms with Crippen LogP contribution in [0, 0.1) is 5.92 Å². The van der Waals surface area contributed by atoms with Crippen molar-refractivity contribution >= 4 is 5.78 Å². The summed E-state index contributed by atoms with van der Waals surface area (Å²) in [4.78, 5) is 11.5. The number of hydrogen-bond acceptors (Lipinski definition) is 2. The molecule has 0 unspecified atom stereocenters. The number of carbonyl (C=O) groups is 1. The highest BCUT2D eigenvalue weighted by Gasteiger charge is 2.05. The molecule has 0 aliphatic carbocycles. The molecule has 0 aliphatic heterocycles. The van der Waals surface area contributed by atoms with Gasteiger partial charge in [0.25, 0.3) is 0 Å². The Morgan fingerprint density at radius 1 is 0.609 bits per heavy atom. The lowest BCUT2D eigenvalue weighted by Gasteiger charge is -2.04. The summed E-state index contributed by atoms with van der Waals surface area (Å²) in [5, 5.41) is 8.70. The standard InChI is InChI=1S/C21H42O2/c1-20(2)21(23)18-16-14-12-10-8-6-4-3-5-7-9-11-13-15-17-19-22/h20,22H,3-19H2,1-2H3. The van der Waals surface area contributed by atoms with Crippen molar-refractivity contribution in [3.8, 4) is 0 Å². The van der Waals surface area contributed by atoms with E-state index in [4.69, 9.17) is 5.11 Å². The van der Waals surface area contributed by atoms with Gasteiger partial charge in [0.15, 0.2) is 0 Å². The van der Waals surface area contributed by atoms with E-state index in [1.807, 2.05) is 13.8 Å². The van der Waals surface area contributed by atoms with Crippen molar-refractivity contribution in [2.45, 2.75) is 117 Å². The lowest BCUT2D eigenvalue weighted by atomic mass is 10.0. The van der Waals surface area contributed by atoms with Crippen molar-refractivity contribution in [2.24, 2.45) is 5.92 Å². The third-order valence-electron chi connectivity index (χ3n) is 4.73. The predicted molar refractivity (Wildman–Crippen MR) is 101 cm³/mol. The Kier molecular flexibility index (Phi) is 17.7. The number of hydrogen-bond donors (Lipinski definition) is 1. The van der Waals surface area contributed by atoms with Crippen molar-refractivity contribution in [1.29, 1.82) is 0 Å². The van der Waals surface area contributed by atoms with Crippen LogP contribution in [0.3, 0.4) is 0 Å². The first-order valence-electron chi connectivity index (χ1n) is 10.3. The molecule has 138 valence electrons. The van der Waals surface area contributed by atoms with Crippen LogP contribution in [0.25, 0.3) is 0 Å². The quantitative estimate of drug-likeness (QED) is 0.294. The van der Waals surface area contributed by atoms with Crippen LogP contribution in [0.5, 0.6) is 0 Å². The summed E-state index contributed by atoms with van der Waals surface area (Å²) in [6.45, 7) is 4.36. The van der Waals surface area contributed by atoms with Crippen LogP contribution >= 0.6 is 0 Å². The Morgan fingerprint density at radius 3 is 1.22 bits per heavy atom. The van der Waals surface area contributed by atoms with Crippen molar-refractivity contribution < 1.29 is 9.90 Å². The third-order valence-corrected chi connectivity index (χ3v) is 4.73. The summed E-state index contributed by atoms with van der Waals surface area (Å²) in [5.74, 6) is 0.647. The molecule has 0 aromatic rings. The van der Waals surface area contributed by atoms with Gasteiger partial charge in [-0.05, 0) is 12.8 Å². The van der Waals surface area contributed by atoms with Gasteiger partial charge in [0.05, 0.1) is 0 Å². The van der Waals surface area contributed by atoms with E-state index in [0.29, 0.717) is 12.4 Å². The van der Waals surface area contributed by atoms with Gasteiger partial charge in [-0.1, -0.05) is 97.3 Å². The van der Waals surface area contributed by atoms with Gasteiger partial charge in [-0.2, -0.15) is 0 Å². The Bertz CT molecular complexity index is 248. The van der Waals surface area contributed by atoms with Gasteiger partial charge in [0.1, 0.15) is 5.78 Å². The second-order valence-corrected chi connectivity index (χ2v) is 7.40. The second kappa shape index (κ2) is 18.0. The first-order valence-corrected chi connectivity index (χ1v) is 10.3. The molecule has 0 aliphatic rings. The zero-order valence-electron chi connectivity index (χ0n) is 16.0. The first kappa shape index (κ1) is 22.6. The van der Waals surface area contributed by atoms with Gasteiger partial charge >= 0.3 is 0 Å². The van der Waals surface area contributed by atoms with Crippen molar-refractivity contribution in [1.82, 2.24) is 0 Å². The number of Topliss-reactive ketones (excluding diaryl/α,β-unsaturated/α-hetero) is 1. The maximum Gasteiger partial charge on any atom is 0.135 e. The molecule has 0 rings (SSSR count). The average Bonchev–Trinajstić information content (AvgIpc) is 2.54. The lowest BCUT2D eigenvalue weighted by molar-refractivity contribution is -0.122. The zero-order chi connectivity index (χ0) is 17.2. The highest BCUT2D eigenvalue weighted by atomic mass is 16.2. The molecule has 0 saturated carbocycles. The fraction of sp³-hybridized carbons (Fsp3) is 0.952. The molecule has 0 heterocycles. The second-order valence-electron chi connectivity index (χ2n) is 7.40. The van der Waals surface area contributed by atoms with Crippen LogP contribution in [0.2, 0.25) is 0 Å². The minimum atomic E-state index is 0.218. The fourth-order valence-corrected chi connectivity index (χ4v) is 3.00. The maximum absolute atomic E-state index is 11.5. The molecule has 0 atom stereocenters. The molecule has 0 fully saturated rings. The van der Waals surface area contributed by atoms with E-state index in [-0.39, 0.29) is 5.92 Å². The largest absolute Gasteiger partial charge is 0.396 e. The van der Waals surface area contributed by atoms with E-state index in [2.05, 4.69) is 0 Å². The molecule has 1 N–H and O–H groups in total. The van der Waals surface area contributed by atoms with E-state index < -0.39 is 0 Å². The first-order chi connectivity index (χ1) is 11.2. The number of unbranched alkanes of at least 4 members (excludes halogenated alkanes) is 14. The summed E-state index contributed by atoms with van der Waals surface area (Å²) in [6.07, 6.45) is 20.3. The monoisotopic (exact) mass is 326 g/mol. The van der Waals surface area contributed by atoms with E-state index in [9.17, 15) is 4.79 Å². The van der Waals surface area contributed by atoms with Crippen LogP contribution in [-0.2, 0) is 4.79 Å². The molecular formula is C21H42O2. The lowest BCUT2D eigenvalue weighted by Crippen LogP contribution is -2.05. The van der Waals surface area contributed by atoms with Crippen LogP contribution < -0.4 is 0 Å². The summed E-state index contributed by atoms with van der Waals surface area (Å²) in [6, 6.07) is 0. The van der Waals surface area contributed by atoms with Crippen molar-refractivity contribution in [2.75, 3.05) is 6.61 Å². The van der Waals surface area contributed by atoms with E-state index in [0.717, 1.165) is 19.3 Å². The van der Waals surface area contributed by atoms with Crippen molar-refractivity contribution in [3.63, 3.8) is 0 Å². The molecule has 0 aromatic carbocycles. The number of aliphatic hydroxyl groups is 1. The molecule has 0 spiro atoms. The summed E-state index contributed by atoms with van der Waals surface area (Å²) in [7, 11) is 0. The Hall–Kier alpha value is -0.370. The van der Waals surface area contributed by atoms with Gasteiger partial charge in [0, 0.05) is 18.9 Å². The number of ketones is 1.